The molecule has 0 unspecified atom stereocenters. The van der Waals surface area contributed by atoms with E-state index < -0.39 is 46.6 Å². The molecule has 13 nitrogen and oxygen atoms in total. The van der Waals surface area contributed by atoms with E-state index in [1.807, 2.05) is 0 Å². The maximum Gasteiger partial charge on any atom is 0.427 e. The summed E-state index contributed by atoms with van der Waals surface area (Å²) in [6.07, 6.45) is -5.19. The number of hydrogen-bond acceptors (Lipinski definition) is 10. The van der Waals surface area contributed by atoms with Crippen LogP contribution in [0, 0.1) is 23.2 Å². The number of benzene rings is 1. The van der Waals surface area contributed by atoms with Crippen LogP contribution in [0.15, 0.2) is 29.3 Å². The van der Waals surface area contributed by atoms with E-state index in [4.69, 9.17) is 14.7 Å². The number of nitrogens with zero attached hydrogens (tertiary/aromatic N) is 4. The fraction of sp³-hybridized carbons (Fsp3) is 0.571. The summed E-state index contributed by atoms with van der Waals surface area (Å²) >= 11 is 0. The number of ether oxygens (including phenoxy) is 3. The van der Waals surface area contributed by atoms with Crippen LogP contribution in [0.3, 0.4) is 0 Å². The quantitative estimate of drug-likeness (QED) is 0.340. The molecular formula is C28H34F3N5O8S. The molecule has 1 aromatic carbocycles. The van der Waals surface area contributed by atoms with Crippen molar-refractivity contribution in [2.45, 2.75) is 82.3 Å². The largest absolute Gasteiger partial charge is 0.486 e. The number of fused-ring (bicyclic) bond motifs is 1. The molecule has 0 saturated heterocycles. The van der Waals surface area contributed by atoms with E-state index in [0.29, 0.717) is 26.8 Å². The van der Waals surface area contributed by atoms with Crippen molar-refractivity contribution in [1.82, 2.24) is 9.78 Å². The molecule has 0 radical (unpaired) electrons. The van der Waals surface area contributed by atoms with E-state index in [1.165, 1.54) is 29.1 Å². The second-order valence-electron chi connectivity index (χ2n) is 11.2. The topological polar surface area (TPSA) is 173 Å². The molecule has 0 spiro atoms. The number of ketones is 1. The highest BCUT2D eigenvalue weighted by Crippen LogP contribution is 2.45. The van der Waals surface area contributed by atoms with Crippen molar-refractivity contribution >= 4 is 33.3 Å². The third-order valence-corrected chi connectivity index (χ3v) is 9.47. The van der Waals surface area contributed by atoms with Gasteiger partial charge in [-0.3, -0.25) is 19.1 Å². The number of hydrogen-bond donors (Lipinski definition) is 2. The number of rotatable bonds is 12. The third kappa shape index (κ3) is 7.12. The van der Waals surface area contributed by atoms with Gasteiger partial charge in [-0.25, -0.2) is 13.2 Å². The molecule has 1 aliphatic heterocycles. The van der Waals surface area contributed by atoms with Gasteiger partial charge in [-0.05, 0) is 58.7 Å². The summed E-state index contributed by atoms with van der Waals surface area (Å²) in [6, 6.07) is 4.99. The van der Waals surface area contributed by atoms with Crippen molar-refractivity contribution in [3.63, 3.8) is 0 Å². The average molecular weight is 658 g/mol. The van der Waals surface area contributed by atoms with Crippen molar-refractivity contribution in [3.05, 3.63) is 24.4 Å². The van der Waals surface area contributed by atoms with Crippen molar-refractivity contribution < 1.29 is 50.5 Å². The summed E-state index contributed by atoms with van der Waals surface area (Å²) in [5.74, 6) is -1.01. The molecule has 2 aromatic rings. The Morgan fingerprint density at radius 1 is 1.29 bits per heavy atom. The second-order valence-corrected chi connectivity index (χ2v) is 13.0. The van der Waals surface area contributed by atoms with Crippen LogP contribution in [0.1, 0.15) is 47.0 Å². The predicted octanol–water partition coefficient (Wildman–Crippen LogP) is 4.02. The average Bonchev–Trinajstić information content (AvgIpc) is 3.63. The summed E-state index contributed by atoms with van der Waals surface area (Å²) < 4.78 is 86.9. The Labute approximate surface area is 257 Å². The SMILES string of the molecule is CCn1cc(S(=O)(=O)N2c3cc(NC(=O)OC(C)(C)C(F)(F)F)ccc3O[C@@H](CCC(=O)[C@@H]3C[C@@H]3C#N)[C@H]2C)c(OCCO)n1. The van der Waals surface area contributed by atoms with Gasteiger partial charge in [0.1, 0.15) is 24.2 Å². The lowest BCUT2D eigenvalue weighted by molar-refractivity contribution is -0.242. The van der Waals surface area contributed by atoms with E-state index in [0.717, 1.165) is 4.31 Å². The van der Waals surface area contributed by atoms with Crippen LogP contribution in [0.2, 0.25) is 0 Å². The van der Waals surface area contributed by atoms with Crippen molar-refractivity contribution in [1.29, 1.82) is 5.26 Å². The van der Waals surface area contributed by atoms with E-state index >= 15 is 0 Å². The molecule has 246 valence electrons. The Bertz CT molecular complexity index is 1590. The monoisotopic (exact) mass is 657 g/mol. The number of nitriles is 1. The first kappa shape index (κ1) is 33.8. The molecule has 2 heterocycles. The van der Waals surface area contributed by atoms with Gasteiger partial charge in [0.05, 0.1) is 30.3 Å². The molecule has 4 rings (SSSR count). The predicted molar refractivity (Wildman–Crippen MR) is 152 cm³/mol. The zero-order chi connectivity index (χ0) is 33.3. The number of nitrogens with one attached hydrogen (secondary N) is 1. The van der Waals surface area contributed by atoms with Gasteiger partial charge in [0, 0.05) is 30.8 Å². The van der Waals surface area contributed by atoms with Gasteiger partial charge in [-0.15, -0.1) is 5.10 Å². The number of aliphatic hydroxyl groups excluding tert-OH is 1. The Balaban J connectivity index is 1.70. The number of aromatic nitrogens is 2. The molecule has 2 aliphatic rings. The summed E-state index contributed by atoms with van der Waals surface area (Å²) in [4.78, 5) is 24.7. The van der Waals surface area contributed by atoms with Gasteiger partial charge in [-0.1, -0.05) is 0 Å². The molecule has 0 bridgehead atoms. The fourth-order valence-corrected chi connectivity index (χ4v) is 6.58. The second kappa shape index (κ2) is 12.8. The van der Waals surface area contributed by atoms with Crippen LogP contribution in [-0.2, 0) is 26.1 Å². The van der Waals surface area contributed by atoms with Gasteiger partial charge >= 0.3 is 12.3 Å². The molecule has 2 N–H and O–H groups in total. The molecule has 1 aliphatic carbocycles. The number of aliphatic hydroxyl groups is 1. The number of carbonyl (C=O) groups excluding carboxylic acids is 2. The lowest BCUT2D eigenvalue weighted by Crippen LogP contribution is -2.51. The minimum atomic E-state index is -4.85. The van der Waals surface area contributed by atoms with Crippen LogP contribution in [0.25, 0.3) is 0 Å². The smallest absolute Gasteiger partial charge is 0.427 e. The minimum Gasteiger partial charge on any atom is -0.486 e. The molecule has 17 heteroatoms. The van der Waals surface area contributed by atoms with Crippen LogP contribution in [0.5, 0.6) is 11.6 Å². The van der Waals surface area contributed by atoms with Gasteiger partial charge in [0.25, 0.3) is 15.9 Å². The number of amides is 1. The Kier molecular flexibility index (Phi) is 9.59. The van der Waals surface area contributed by atoms with Crippen molar-refractivity contribution in [3.8, 4) is 17.7 Å². The zero-order valence-electron chi connectivity index (χ0n) is 25.0. The lowest BCUT2D eigenvalue weighted by atomic mass is 10.0. The molecular weight excluding hydrogens is 623 g/mol. The van der Waals surface area contributed by atoms with Crippen molar-refractivity contribution in [2.24, 2.45) is 11.8 Å². The summed E-state index contributed by atoms with van der Waals surface area (Å²) in [5.41, 5.74) is -2.94. The van der Waals surface area contributed by atoms with Crippen LogP contribution in [-0.4, -0.2) is 72.3 Å². The maximum atomic E-state index is 14.3. The lowest BCUT2D eigenvalue weighted by Gasteiger charge is -2.41. The molecule has 1 aromatic heterocycles. The highest BCUT2D eigenvalue weighted by atomic mass is 32.2. The molecule has 4 atom stereocenters. The number of alkyl halides is 3. The minimum absolute atomic E-state index is 0.0418. The highest BCUT2D eigenvalue weighted by Gasteiger charge is 2.51. The van der Waals surface area contributed by atoms with Crippen LogP contribution < -0.4 is 19.1 Å². The number of sulfonamides is 1. The summed E-state index contributed by atoms with van der Waals surface area (Å²) in [7, 11) is -4.51. The third-order valence-electron chi connectivity index (χ3n) is 7.59. The normalized spacial score (nSPS) is 21.3. The first-order valence-electron chi connectivity index (χ1n) is 14.2. The van der Waals surface area contributed by atoms with E-state index in [9.17, 15) is 36.3 Å². The van der Waals surface area contributed by atoms with Gasteiger partial charge < -0.3 is 19.3 Å². The Hall–Kier alpha value is -4.04. The number of Topliss-reactive ketones (excluding diaryl/α,β-unsaturated/α-hetero) is 1. The number of carbonyl (C=O) groups is 2. The molecule has 45 heavy (non-hydrogen) atoms. The van der Waals surface area contributed by atoms with Crippen LogP contribution >= 0.6 is 0 Å². The van der Waals surface area contributed by atoms with Gasteiger partial charge in [0.15, 0.2) is 4.90 Å². The Morgan fingerprint density at radius 2 is 2.00 bits per heavy atom. The summed E-state index contributed by atoms with van der Waals surface area (Å²) in [6.45, 7) is 4.31. The van der Waals surface area contributed by atoms with E-state index in [2.05, 4.69) is 21.2 Å². The number of aryl methyl sites for hydroxylation is 1. The number of anilines is 2. The highest BCUT2D eigenvalue weighted by molar-refractivity contribution is 7.93. The summed E-state index contributed by atoms with van der Waals surface area (Å²) in [5, 5.41) is 24.7. The standard InChI is InChI=1S/C28H34F3N5O8S/c1-5-35-15-24(25(34-35)42-11-10-37)45(40,41)36-16(2)22(9-7-21(38)19-12-17(19)14-32)43-23-8-6-18(13-20(23)36)33-26(39)44-27(3,4)28(29,30)31/h6,8,13,15-17,19,22,37H,5,7,9-12H2,1-4H3,(H,33,39)/t16-,17-,19-,22+/m1/s1. The first-order valence-corrected chi connectivity index (χ1v) is 15.6. The maximum absolute atomic E-state index is 14.3. The van der Waals surface area contributed by atoms with E-state index in [-0.39, 0.29) is 65.0 Å². The fourth-order valence-electron chi connectivity index (χ4n) is 4.82. The van der Waals surface area contributed by atoms with Gasteiger partial charge in [0.2, 0.25) is 5.60 Å². The van der Waals surface area contributed by atoms with Crippen molar-refractivity contribution in [2.75, 3.05) is 22.8 Å². The van der Waals surface area contributed by atoms with Gasteiger partial charge in [-0.2, -0.15) is 18.4 Å². The molecule has 1 fully saturated rings. The number of halogens is 3. The first-order chi connectivity index (χ1) is 21.0. The van der Waals surface area contributed by atoms with E-state index in [1.54, 1.807) is 13.8 Å². The zero-order valence-corrected chi connectivity index (χ0v) is 25.8. The van der Waals surface area contributed by atoms with Crippen LogP contribution in [0.4, 0.5) is 29.3 Å². The Morgan fingerprint density at radius 3 is 2.60 bits per heavy atom. The molecule has 1 amide bonds. The molecule has 1 saturated carbocycles.